The number of benzene rings is 2. The summed E-state index contributed by atoms with van der Waals surface area (Å²) >= 11 is 0. The first-order valence-electron chi connectivity index (χ1n) is 5.79. The van der Waals surface area contributed by atoms with Crippen LogP contribution in [0, 0.1) is 6.92 Å². The fourth-order valence-corrected chi connectivity index (χ4v) is 2.08. The summed E-state index contributed by atoms with van der Waals surface area (Å²) in [5.74, 6) is 1.70. The summed E-state index contributed by atoms with van der Waals surface area (Å²) in [6, 6.07) is 15.0. The zero-order valence-corrected chi connectivity index (χ0v) is 9.97. The summed E-state index contributed by atoms with van der Waals surface area (Å²) in [6.45, 7) is 1.93. The maximum atomic E-state index is 9.86. The molecule has 0 aliphatic rings. The van der Waals surface area contributed by atoms with Crippen LogP contribution in [0.15, 0.2) is 48.5 Å². The molecule has 3 aromatic rings. The number of fused-ring (bicyclic) bond motifs is 1. The summed E-state index contributed by atoms with van der Waals surface area (Å²) in [6.07, 6.45) is 0. The number of aromatic hydroxyl groups is 1. The summed E-state index contributed by atoms with van der Waals surface area (Å²) in [4.78, 5) is 3.17. The van der Waals surface area contributed by atoms with Crippen LogP contribution in [0.25, 0.3) is 10.9 Å². The molecule has 0 aliphatic carbocycles. The average Bonchev–Trinajstić information content (AvgIpc) is 2.69. The lowest BCUT2D eigenvalue weighted by Crippen LogP contribution is -1.85. The Labute approximate surface area is 105 Å². The van der Waals surface area contributed by atoms with E-state index in [1.54, 1.807) is 12.1 Å². The minimum absolute atomic E-state index is 0.268. The van der Waals surface area contributed by atoms with Gasteiger partial charge in [-0.1, -0.05) is 24.3 Å². The quantitative estimate of drug-likeness (QED) is 0.710. The van der Waals surface area contributed by atoms with Crippen molar-refractivity contribution in [3.63, 3.8) is 0 Å². The fourth-order valence-electron chi connectivity index (χ4n) is 2.08. The van der Waals surface area contributed by atoms with Gasteiger partial charge in [0.25, 0.3) is 0 Å². The number of para-hydroxylation sites is 1. The molecular weight excluding hydrogens is 226 g/mol. The van der Waals surface area contributed by atoms with Crippen LogP contribution in [0.1, 0.15) is 5.56 Å². The molecule has 18 heavy (non-hydrogen) atoms. The highest BCUT2D eigenvalue weighted by Crippen LogP contribution is 2.35. The van der Waals surface area contributed by atoms with Crippen molar-refractivity contribution >= 4 is 10.9 Å². The predicted molar refractivity (Wildman–Crippen MR) is 71.2 cm³/mol. The molecule has 3 nitrogen and oxygen atoms in total. The lowest BCUT2D eigenvalue weighted by atomic mass is 10.2. The van der Waals surface area contributed by atoms with Crippen molar-refractivity contribution in [3.05, 3.63) is 54.1 Å². The maximum absolute atomic E-state index is 9.86. The summed E-state index contributed by atoms with van der Waals surface area (Å²) in [5.41, 5.74) is 1.78. The second-order valence-electron chi connectivity index (χ2n) is 4.19. The number of hydrogen-bond acceptors (Lipinski definition) is 2. The lowest BCUT2D eigenvalue weighted by Gasteiger charge is -2.03. The number of aromatic amines is 1. The number of phenols is 1. The standard InChI is InChI=1S/C15H13NO2/c1-10-14-12(8-5-9-13(14)17)16-15(10)18-11-6-3-2-4-7-11/h2-9,16-17H,1H3. The van der Waals surface area contributed by atoms with E-state index in [2.05, 4.69) is 4.98 Å². The number of hydrogen-bond donors (Lipinski definition) is 2. The van der Waals surface area contributed by atoms with Crippen LogP contribution in [-0.4, -0.2) is 10.1 Å². The van der Waals surface area contributed by atoms with E-state index < -0.39 is 0 Å². The number of ether oxygens (including phenoxy) is 1. The maximum Gasteiger partial charge on any atom is 0.201 e. The molecule has 0 spiro atoms. The van der Waals surface area contributed by atoms with Gasteiger partial charge in [-0.2, -0.15) is 0 Å². The smallest absolute Gasteiger partial charge is 0.201 e. The molecule has 0 atom stereocenters. The topological polar surface area (TPSA) is 45.2 Å². The minimum atomic E-state index is 0.268. The number of nitrogens with one attached hydrogen (secondary N) is 1. The summed E-state index contributed by atoms with van der Waals surface area (Å²) in [5, 5.41) is 10.7. The van der Waals surface area contributed by atoms with E-state index in [4.69, 9.17) is 4.74 Å². The average molecular weight is 239 g/mol. The van der Waals surface area contributed by atoms with Crippen molar-refractivity contribution in [1.29, 1.82) is 0 Å². The van der Waals surface area contributed by atoms with Crippen LogP contribution >= 0.6 is 0 Å². The molecule has 2 N–H and O–H groups in total. The predicted octanol–water partition coefficient (Wildman–Crippen LogP) is 3.97. The van der Waals surface area contributed by atoms with Gasteiger partial charge in [0.1, 0.15) is 11.5 Å². The molecule has 2 aromatic carbocycles. The van der Waals surface area contributed by atoms with Gasteiger partial charge in [-0.3, -0.25) is 0 Å². The number of rotatable bonds is 2. The zero-order chi connectivity index (χ0) is 12.5. The van der Waals surface area contributed by atoms with Crippen LogP contribution in [0.4, 0.5) is 0 Å². The third kappa shape index (κ3) is 1.70. The Bertz CT molecular complexity index is 686. The van der Waals surface area contributed by atoms with E-state index in [1.807, 2.05) is 43.3 Å². The third-order valence-electron chi connectivity index (χ3n) is 2.97. The van der Waals surface area contributed by atoms with Crippen LogP contribution in [-0.2, 0) is 0 Å². The van der Waals surface area contributed by atoms with Crippen LogP contribution in [0.2, 0.25) is 0 Å². The summed E-state index contributed by atoms with van der Waals surface area (Å²) in [7, 11) is 0. The molecule has 3 heteroatoms. The van der Waals surface area contributed by atoms with Gasteiger partial charge in [0.15, 0.2) is 0 Å². The summed E-state index contributed by atoms with van der Waals surface area (Å²) < 4.78 is 5.78. The van der Waals surface area contributed by atoms with E-state index in [0.717, 1.165) is 22.2 Å². The molecule has 0 unspecified atom stereocenters. The van der Waals surface area contributed by atoms with Crippen molar-refractivity contribution in [1.82, 2.24) is 4.98 Å². The zero-order valence-electron chi connectivity index (χ0n) is 9.97. The van der Waals surface area contributed by atoms with Gasteiger partial charge in [-0.05, 0) is 31.2 Å². The van der Waals surface area contributed by atoms with E-state index in [1.165, 1.54) is 0 Å². The Kier molecular flexibility index (Phi) is 2.45. The Hall–Kier alpha value is -2.42. The molecule has 0 fully saturated rings. The highest BCUT2D eigenvalue weighted by Gasteiger charge is 2.12. The molecule has 0 aliphatic heterocycles. The Balaban J connectivity index is 2.08. The molecule has 0 radical (unpaired) electrons. The fraction of sp³-hybridized carbons (Fsp3) is 0.0667. The first-order chi connectivity index (χ1) is 8.75. The number of phenolic OH excluding ortho intramolecular Hbond substituents is 1. The van der Waals surface area contributed by atoms with E-state index in [9.17, 15) is 5.11 Å². The first kappa shape index (κ1) is 10.7. The van der Waals surface area contributed by atoms with Crippen molar-refractivity contribution in [2.45, 2.75) is 6.92 Å². The largest absolute Gasteiger partial charge is 0.507 e. The van der Waals surface area contributed by atoms with Gasteiger partial charge in [0, 0.05) is 10.9 Å². The van der Waals surface area contributed by atoms with Crippen molar-refractivity contribution < 1.29 is 9.84 Å². The number of aromatic nitrogens is 1. The molecule has 0 bridgehead atoms. The van der Waals surface area contributed by atoms with Crippen LogP contribution in [0.3, 0.4) is 0 Å². The van der Waals surface area contributed by atoms with E-state index >= 15 is 0 Å². The van der Waals surface area contributed by atoms with Crippen LogP contribution < -0.4 is 4.74 Å². The van der Waals surface area contributed by atoms with Crippen molar-refractivity contribution in [3.8, 4) is 17.4 Å². The second kappa shape index (κ2) is 4.11. The normalized spacial score (nSPS) is 10.7. The number of aryl methyl sites for hydroxylation is 1. The molecule has 1 heterocycles. The Morgan fingerprint density at radius 1 is 1.00 bits per heavy atom. The SMILES string of the molecule is Cc1c(Oc2ccccc2)[nH]c2cccc(O)c12. The molecular formula is C15H13NO2. The van der Waals surface area contributed by atoms with Crippen molar-refractivity contribution in [2.24, 2.45) is 0 Å². The van der Waals surface area contributed by atoms with E-state index in [-0.39, 0.29) is 5.75 Å². The van der Waals surface area contributed by atoms with Gasteiger partial charge in [-0.25, -0.2) is 0 Å². The van der Waals surface area contributed by atoms with Gasteiger partial charge >= 0.3 is 0 Å². The third-order valence-corrected chi connectivity index (χ3v) is 2.97. The molecule has 3 rings (SSSR count). The first-order valence-corrected chi connectivity index (χ1v) is 5.79. The van der Waals surface area contributed by atoms with Gasteiger partial charge in [0.05, 0.1) is 5.52 Å². The Morgan fingerprint density at radius 2 is 1.78 bits per heavy atom. The Morgan fingerprint density at radius 3 is 2.50 bits per heavy atom. The van der Waals surface area contributed by atoms with E-state index in [0.29, 0.717) is 5.88 Å². The lowest BCUT2D eigenvalue weighted by molar-refractivity contribution is 0.463. The van der Waals surface area contributed by atoms with Gasteiger partial charge in [-0.15, -0.1) is 0 Å². The monoisotopic (exact) mass is 239 g/mol. The highest BCUT2D eigenvalue weighted by atomic mass is 16.5. The van der Waals surface area contributed by atoms with Crippen LogP contribution in [0.5, 0.6) is 17.4 Å². The highest BCUT2D eigenvalue weighted by molar-refractivity contribution is 5.91. The van der Waals surface area contributed by atoms with Gasteiger partial charge < -0.3 is 14.8 Å². The van der Waals surface area contributed by atoms with Crippen molar-refractivity contribution in [2.75, 3.05) is 0 Å². The number of H-pyrrole nitrogens is 1. The molecule has 0 amide bonds. The minimum Gasteiger partial charge on any atom is -0.507 e. The molecule has 1 aromatic heterocycles. The molecule has 90 valence electrons. The molecule has 0 saturated carbocycles. The van der Waals surface area contributed by atoms with Gasteiger partial charge in [0.2, 0.25) is 5.88 Å². The molecule has 0 saturated heterocycles. The second-order valence-corrected chi connectivity index (χ2v) is 4.19.